The number of alkyl halides is 2. The lowest BCUT2D eigenvalue weighted by Gasteiger charge is -2.26. The summed E-state index contributed by atoms with van der Waals surface area (Å²) in [5.74, 6) is 0.541. The van der Waals surface area contributed by atoms with Crippen molar-refractivity contribution >= 4 is 34.2 Å². The summed E-state index contributed by atoms with van der Waals surface area (Å²) in [5, 5.41) is 0. The molecule has 0 N–H and O–H groups in total. The molecule has 96 valence electrons. The van der Waals surface area contributed by atoms with Gasteiger partial charge in [0.15, 0.2) is 0 Å². The average Bonchev–Trinajstić information content (AvgIpc) is 2.36. The van der Waals surface area contributed by atoms with Crippen LogP contribution in [0.15, 0.2) is 0 Å². The minimum atomic E-state index is -0.196. The van der Waals surface area contributed by atoms with Gasteiger partial charge in [-0.15, -0.1) is 11.6 Å². The molecule has 1 saturated carbocycles. The number of halogens is 2. The smallest absolute Gasteiger partial charge is 0.0879 e. The van der Waals surface area contributed by atoms with Gasteiger partial charge in [-0.05, 0) is 19.8 Å². The van der Waals surface area contributed by atoms with Gasteiger partial charge in [-0.3, -0.25) is 0 Å². The summed E-state index contributed by atoms with van der Waals surface area (Å²) in [4.78, 5) is 0. The SMILES string of the molecule is CC(CCl)(CI)OCCOC1CCCCC1. The zero-order valence-electron chi connectivity index (χ0n) is 10.0. The summed E-state index contributed by atoms with van der Waals surface area (Å²) in [5.41, 5.74) is -0.196. The molecule has 0 heterocycles. The van der Waals surface area contributed by atoms with Crippen LogP contribution in [0.2, 0.25) is 0 Å². The van der Waals surface area contributed by atoms with E-state index in [1.807, 2.05) is 6.92 Å². The first-order valence-electron chi connectivity index (χ1n) is 6.08. The Labute approximate surface area is 118 Å². The zero-order valence-corrected chi connectivity index (χ0v) is 12.9. The molecule has 1 aliphatic carbocycles. The second-order valence-corrected chi connectivity index (χ2v) is 5.73. The molecular formula is C12H22ClIO2. The highest BCUT2D eigenvalue weighted by Crippen LogP contribution is 2.20. The fourth-order valence-electron chi connectivity index (χ4n) is 1.85. The maximum atomic E-state index is 5.87. The predicted molar refractivity (Wildman–Crippen MR) is 76.8 cm³/mol. The van der Waals surface area contributed by atoms with Gasteiger partial charge in [0.2, 0.25) is 0 Å². The van der Waals surface area contributed by atoms with Gasteiger partial charge < -0.3 is 9.47 Å². The molecular weight excluding hydrogens is 338 g/mol. The van der Waals surface area contributed by atoms with Gasteiger partial charge in [0.1, 0.15) is 0 Å². The van der Waals surface area contributed by atoms with Crippen LogP contribution in [-0.2, 0) is 9.47 Å². The molecule has 0 saturated heterocycles. The topological polar surface area (TPSA) is 18.5 Å². The van der Waals surface area contributed by atoms with Crippen LogP contribution >= 0.6 is 34.2 Å². The van der Waals surface area contributed by atoms with Gasteiger partial charge in [-0.2, -0.15) is 0 Å². The first kappa shape index (κ1) is 15.0. The second-order valence-electron chi connectivity index (χ2n) is 4.70. The van der Waals surface area contributed by atoms with Gasteiger partial charge in [0.05, 0.1) is 30.8 Å². The largest absolute Gasteiger partial charge is 0.376 e. The lowest BCUT2D eigenvalue weighted by atomic mass is 9.98. The maximum absolute atomic E-state index is 5.87. The molecule has 4 heteroatoms. The molecule has 0 aliphatic heterocycles. The van der Waals surface area contributed by atoms with Crippen molar-refractivity contribution in [1.29, 1.82) is 0 Å². The highest BCUT2D eigenvalue weighted by Gasteiger charge is 2.22. The highest BCUT2D eigenvalue weighted by molar-refractivity contribution is 14.1. The monoisotopic (exact) mass is 360 g/mol. The van der Waals surface area contributed by atoms with Gasteiger partial charge in [-0.25, -0.2) is 0 Å². The van der Waals surface area contributed by atoms with Crippen molar-refractivity contribution in [3.05, 3.63) is 0 Å². The molecule has 0 aromatic rings. The van der Waals surface area contributed by atoms with Crippen molar-refractivity contribution < 1.29 is 9.47 Å². The van der Waals surface area contributed by atoms with E-state index in [0.717, 1.165) is 4.43 Å². The predicted octanol–water partition coefficient (Wildman–Crippen LogP) is 3.78. The maximum Gasteiger partial charge on any atom is 0.0879 e. The normalized spacial score (nSPS) is 21.9. The van der Waals surface area contributed by atoms with Crippen LogP contribution in [0.1, 0.15) is 39.0 Å². The Morgan fingerprint density at radius 2 is 1.94 bits per heavy atom. The van der Waals surface area contributed by atoms with Crippen LogP contribution in [-0.4, -0.2) is 35.2 Å². The van der Waals surface area contributed by atoms with Crippen molar-refractivity contribution in [2.75, 3.05) is 23.5 Å². The van der Waals surface area contributed by atoms with Crippen LogP contribution in [0.25, 0.3) is 0 Å². The summed E-state index contributed by atoms with van der Waals surface area (Å²) in [6.45, 7) is 3.41. The molecule has 2 nitrogen and oxygen atoms in total. The van der Waals surface area contributed by atoms with E-state index in [1.165, 1.54) is 32.1 Å². The van der Waals surface area contributed by atoms with E-state index in [9.17, 15) is 0 Å². The van der Waals surface area contributed by atoms with Crippen molar-refractivity contribution in [3.8, 4) is 0 Å². The molecule has 16 heavy (non-hydrogen) atoms. The highest BCUT2D eigenvalue weighted by atomic mass is 127. The quantitative estimate of drug-likeness (QED) is 0.391. The van der Waals surface area contributed by atoms with E-state index < -0.39 is 0 Å². The summed E-state index contributed by atoms with van der Waals surface area (Å²) in [7, 11) is 0. The first-order valence-corrected chi connectivity index (χ1v) is 8.14. The minimum Gasteiger partial charge on any atom is -0.376 e. The fourth-order valence-corrected chi connectivity index (χ4v) is 2.83. The van der Waals surface area contributed by atoms with E-state index in [-0.39, 0.29) is 5.60 Å². The average molecular weight is 361 g/mol. The third kappa shape index (κ3) is 5.52. The molecule has 0 amide bonds. The Kier molecular flexibility index (Phi) is 7.61. The van der Waals surface area contributed by atoms with E-state index in [4.69, 9.17) is 21.1 Å². The Bertz CT molecular complexity index is 180. The van der Waals surface area contributed by atoms with Crippen LogP contribution < -0.4 is 0 Å². The van der Waals surface area contributed by atoms with Crippen LogP contribution in [0.3, 0.4) is 0 Å². The van der Waals surface area contributed by atoms with E-state index in [1.54, 1.807) is 0 Å². The Balaban J connectivity index is 2.06. The standard InChI is InChI=1S/C12H22ClIO2/c1-12(9-13,10-14)16-8-7-15-11-5-3-2-4-6-11/h11H,2-10H2,1H3. The van der Waals surface area contributed by atoms with Crippen LogP contribution in [0.5, 0.6) is 0 Å². The molecule has 0 aromatic heterocycles. The third-order valence-electron chi connectivity index (χ3n) is 3.00. The minimum absolute atomic E-state index is 0.196. The number of hydrogen-bond acceptors (Lipinski definition) is 2. The Hall–Kier alpha value is 0.940. The lowest BCUT2D eigenvalue weighted by molar-refractivity contribution is -0.0530. The molecule has 1 fully saturated rings. The number of hydrogen-bond donors (Lipinski definition) is 0. The summed E-state index contributed by atoms with van der Waals surface area (Å²) in [6.07, 6.45) is 6.92. The molecule has 0 bridgehead atoms. The van der Waals surface area contributed by atoms with Gasteiger partial charge >= 0.3 is 0 Å². The van der Waals surface area contributed by atoms with E-state index in [0.29, 0.717) is 25.2 Å². The summed E-state index contributed by atoms with van der Waals surface area (Å²) < 4.78 is 12.5. The zero-order chi connectivity index (χ0) is 11.9. The molecule has 0 aromatic carbocycles. The van der Waals surface area contributed by atoms with Crippen molar-refractivity contribution in [2.45, 2.75) is 50.7 Å². The molecule has 0 spiro atoms. The Morgan fingerprint density at radius 1 is 1.25 bits per heavy atom. The lowest BCUT2D eigenvalue weighted by Crippen LogP contribution is -2.34. The van der Waals surface area contributed by atoms with E-state index >= 15 is 0 Å². The number of rotatable bonds is 7. The first-order chi connectivity index (χ1) is 7.70. The number of ether oxygens (including phenoxy) is 2. The van der Waals surface area contributed by atoms with Gasteiger partial charge in [-0.1, -0.05) is 41.9 Å². The fraction of sp³-hybridized carbons (Fsp3) is 1.00. The summed E-state index contributed by atoms with van der Waals surface area (Å²) >= 11 is 8.18. The molecule has 1 unspecified atom stereocenters. The van der Waals surface area contributed by atoms with Gasteiger partial charge in [0, 0.05) is 4.43 Å². The van der Waals surface area contributed by atoms with Crippen LogP contribution in [0.4, 0.5) is 0 Å². The molecule has 1 aliphatic rings. The van der Waals surface area contributed by atoms with Gasteiger partial charge in [0.25, 0.3) is 0 Å². The summed E-state index contributed by atoms with van der Waals surface area (Å²) in [6, 6.07) is 0. The Morgan fingerprint density at radius 3 is 2.50 bits per heavy atom. The van der Waals surface area contributed by atoms with Crippen molar-refractivity contribution in [3.63, 3.8) is 0 Å². The second kappa shape index (κ2) is 8.11. The molecule has 1 atom stereocenters. The van der Waals surface area contributed by atoms with Crippen molar-refractivity contribution in [2.24, 2.45) is 0 Å². The third-order valence-corrected chi connectivity index (χ3v) is 5.18. The van der Waals surface area contributed by atoms with Crippen molar-refractivity contribution in [1.82, 2.24) is 0 Å². The van der Waals surface area contributed by atoms with Crippen LogP contribution in [0, 0.1) is 0 Å². The molecule has 1 rings (SSSR count). The molecule has 0 radical (unpaired) electrons. The van der Waals surface area contributed by atoms with E-state index in [2.05, 4.69) is 22.6 Å².